The molecule has 0 saturated carbocycles. The molecule has 0 spiro atoms. The maximum absolute atomic E-state index is 11.2. The topological polar surface area (TPSA) is 57.2 Å². The van der Waals surface area contributed by atoms with E-state index < -0.39 is 36.6 Å². The summed E-state index contributed by atoms with van der Waals surface area (Å²) >= 11 is 0. The zero-order chi connectivity index (χ0) is 20.3. The van der Waals surface area contributed by atoms with Crippen LogP contribution in [0, 0.1) is 0 Å². The van der Waals surface area contributed by atoms with Gasteiger partial charge in [-0.05, 0) is 61.0 Å². The van der Waals surface area contributed by atoms with Crippen LogP contribution in [-0.2, 0) is 18.6 Å². The molecule has 2 aliphatic rings. The Kier molecular flexibility index (Phi) is 4.83. The third kappa shape index (κ3) is 3.46. The molecule has 0 radical (unpaired) electrons. The lowest BCUT2D eigenvalue weighted by Gasteiger charge is -2.32. The zero-order valence-corrected chi connectivity index (χ0v) is 17.6. The van der Waals surface area contributed by atoms with Crippen molar-refractivity contribution in [1.82, 2.24) is 0 Å². The van der Waals surface area contributed by atoms with Crippen molar-refractivity contribution in [3.8, 4) is 0 Å². The first-order chi connectivity index (χ1) is 12.3. The minimum Gasteiger partial charge on any atom is -0.516 e. The van der Waals surface area contributed by atoms with Gasteiger partial charge in [-0.2, -0.15) is 0 Å². The minimum atomic E-state index is -0.885. The lowest BCUT2D eigenvalue weighted by atomic mass is 9.66. The van der Waals surface area contributed by atoms with Crippen LogP contribution in [0.3, 0.4) is 0 Å². The predicted octanol–water partition coefficient (Wildman–Crippen LogP) is 4.22. The number of hydrogen-bond acceptors (Lipinski definition) is 5. The highest BCUT2D eigenvalue weighted by Gasteiger charge is 2.57. The standard InChI is InChI=1S/C20H30B2O5/c1-17(2)18(3,4)25-21(24-17)15(14-12-10-9-11-13-14)16(23)22-26-19(5,6)20(7,8)27-22/h9-13,23H,1-8H3/b16-15+. The molecule has 7 heteroatoms. The highest BCUT2D eigenvalue weighted by Crippen LogP contribution is 2.43. The number of aliphatic hydroxyl groups is 1. The van der Waals surface area contributed by atoms with Crippen molar-refractivity contribution in [3.05, 3.63) is 41.6 Å². The van der Waals surface area contributed by atoms with Gasteiger partial charge in [0.2, 0.25) is 0 Å². The van der Waals surface area contributed by atoms with E-state index in [0.29, 0.717) is 5.47 Å². The summed E-state index contributed by atoms with van der Waals surface area (Å²) in [6.45, 7) is 15.8. The maximum atomic E-state index is 11.2. The predicted molar refractivity (Wildman–Crippen MR) is 108 cm³/mol. The average Bonchev–Trinajstić information content (AvgIpc) is 2.88. The fourth-order valence-corrected chi connectivity index (χ4v) is 3.06. The van der Waals surface area contributed by atoms with Gasteiger partial charge in [-0.15, -0.1) is 0 Å². The highest BCUT2D eigenvalue weighted by atomic mass is 16.7. The minimum absolute atomic E-state index is 0.0154. The number of hydrogen-bond donors (Lipinski definition) is 1. The van der Waals surface area contributed by atoms with Crippen molar-refractivity contribution in [2.45, 2.75) is 77.8 Å². The Hall–Kier alpha value is -1.27. The molecule has 2 fully saturated rings. The summed E-state index contributed by atoms with van der Waals surface area (Å²) in [5.74, 6) is 0. The molecule has 5 nitrogen and oxygen atoms in total. The molecular formula is C20H30B2O5. The third-order valence-electron chi connectivity index (χ3n) is 6.33. The van der Waals surface area contributed by atoms with Gasteiger partial charge in [0.15, 0.2) is 0 Å². The SMILES string of the molecule is CC1(C)OB(/C(O)=C(\B2OC(C)(C)C(C)(C)O2)c2ccccc2)OC1(C)C. The van der Waals surface area contributed by atoms with Crippen molar-refractivity contribution in [2.24, 2.45) is 0 Å². The largest absolute Gasteiger partial charge is 0.531 e. The van der Waals surface area contributed by atoms with Crippen LogP contribution < -0.4 is 0 Å². The monoisotopic (exact) mass is 372 g/mol. The van der Waals surface area contributed by atoms with Crippen molar-refractivity contribution >= 4 is 19.7 Å². The molecular weight excluding hydrogens is 342 g/mol. The van der Waals surface area contributed by atoms with Crippen LogP contribution in [0.2, 0.25) is 0 Å². The first-order valence-electron chi connectivity index (χ1n) is 9.47. The van der Waals surface area contributed by atoms with Gasteiger partial charge in [-0.1, -0.05) is 30.3 Å². The summed E-state index contributed by atoms with van der Waals surface area (Å²) in [5.41, 5.74) is -0.816. The van der Waals surface area contributed by atoms with Gasteiger partial charge < -0.3 is 23.7 Å². The Morgan fingerprint density at radius 1 is 0.667 bits per heavy atom. The molecule has 0 aromatic heterocycles. The summed E-state index contributed by atoms with van der Waals surface area (Å²) in [4.78, 5) is 0. The van der Waals surface area contributed by atoms with Gasteiger partial charge in [0.05, 0.1) is 22.4 Å². The first-order valence-corrected chi connectivity index (χ1v) is 9.47. The van der Waals surface area contributed by atoms with E-state index in [1.165, 1.54) is 0 Å². The molecule has 0 bridgehead atoms. The van der Waals surface area contributed by atoms with Crippen LogP contribution >= 0.6 is 0 Å². The molecule has 27 heavy (non-hydrogen) atoms. The van der Waals surface area contributed by atoms with Crippen molar-refractivity contribution in [2.75, 3.05) is 0 Å². The van der Waals surface area contributed by atoms with Crippen molar-refractivity contribution in [1.29, 1.82) is 0 Å². The fraction of sp³-hybridized carbons (Fsp3) is 0.600. The van der Waals surface area contributed by atoms with Crippen LogP contribution in [0.4, 0.5) is 0 Å². The summed E-state index contributed by atoms with van der Waals surface area (Å²) < 4.78 is 24.5. The Labute approximate surface area is 163 Å². The Morgan fingerprint density at radius 2 is 1.04 bits per heavy atom. The third-order valence-corrected chi connectivity index (χ3v) is 6.33. The van der Waals surface area contributed by atoms with Crippen LogP contribution in [0.15, 0.2) is 36.0 Å². The molecule has 0 amide bonds. The summed E-state index contributed by atoms with van der Waals surface area (Å²) in [6.07, 6.45) is 0. The molecule has 2 saturated heterocycles. The second kappa shape index (κ2) is 6.38. The van der Waals surface area contributed by atoms with Gasteiger partial charge in [-0.25, -0.2) is 0 Å². The van der Waals surface area contributed by atoms with E-state index in [4.69, 9.17) is 18.6 Å². The number of rotatable bonds is 3. The van der Waals surface area contributed by atoms with Gasteiger partial charge >= 0.3 is 14.2 Å². The second-order valence-electron chi connectivity index (χ2n) is 9.34. The highest BCUT2D eigenvalue weighted by molar-refractivity contribution is 6.73. The van der Waals surface area contributed by atoms with E-state index in [0.717, 1.165) is 5.56 Å². The van der Waals surface area contributed by atoms with Gasteiger partial charge in [0.1, 0.15) is 5.66 Å². The molecule has 3 rings (SSSR count). The molecule has 2 heterocycles. The van der Waals surface area contributed by atoms with E-state index in [2.05, 4.69) is 0 Å². The number of aliphatic hydroxyl groups excluding tert-OH is 1. The molecule has 1 aromatic carbocycles. The van der Waals surface area contributed by atoms with Crippen molar-refractivity contribution in [3.63, 3.8) is 0 Å². The van der Waals surface area contributed by atoms with Crippen LogP contribution in [-0.4, -0.2) is 41.7 Å². The van der Waals surface area contributed by atoms with E-state index in [1.807, 2.05) is 85.7 Å². The Balaban J connectivity index is 2.05. The fourth-order valence-electron chi connectivity index (χ4n) is 3.06. The first kappa shape index (κ1) is 20.5. The molecule has 146 valence electrons. The molecule has 1 N–H and O–H groups in total. The van der Waals surface area contributed by atoms with Crippen LogP contribution in [0.25, 0.3) is 5.47 Å². The molecule has 1 aromatic rings. The summed E-state index contributed by atoms with van der Waals surface area (Å²) in [7, 11) is -1.61. The van der Waals surface area contributed by atoms with Gasteiger partial charge in [0, 0.05) is 5.47 Å². The molecule has 0 unspecified atom stereocenters. The normalized spacial score (nSPS) is 26.2. The Morgan fingerprint density at radius 3 is 1.44 bits per heavy atom. The van der Waals surface area contributed by atoms with Gasteiger partial charge in [0.25, 0.3) is 0 Å². The van der Waals surface area contributed by atoms with Crippen LogP contribution in [0.5, 0.6) is 0 Å². The smallest absolute Gasteiger partial charge is 0.516 e. The quantitative estimate of drug-likeness (QED) is 0.636. The lowest BCUT2D eigenvalue weighted by molar-refractivity contribution is 0.00578. The van der Waals surface area contributed by atoms with Gasteiger partial charge in [-0.3, -0.25) is 0 Å². The average molecular weight is 372 g/mol. The van der Waals surface area contributed by atoms with E-state index >= 15 is 0 Å². The second-order valence-corrected chi connectivity index (χ2v) is 9.34. The molecule has 0 aliphatic carbocycles. The lowest BCUT2D eigenvalue weighted by Crippen LogP contribution is -2.41. The summed E-state index contributed by atoms with van der Waals surface area (Å²) in [5, 5.41) is 11.2. The number of benzene rings is 1. The molecule has 0 atom stereocenters. The maximum Gasteiger partial charge on any atom is 0.531 e. The summed E-state index contributed by atoms with van der Waals surface area (Å²) in [6, 6.07) is 9.59. The van der Waals surface area contributed by atoms with E-state index in [1.54, 1.807) is 0 Å². The van der Waals surface area contributed by atoms with Crippen molar-refractivity contribution < 1.29 is 23.7 Å². The van der Waals surface area contributed by atoms with E-state index in [-0.39, 0.29) is 5.66 Å². The zero-order valence-electron chi connectivity index (χ0n) is 17.6. The van der Waals surface area contributed by atoms with Crippen LogP contribution in [0.1, 0.15) is 61.0 Å². The van der Waals surface area contributed by atoms with E-state index in [9.17, 15) is 5.11 Å². The Bertz CT molecular complexity index is 708. The molecule has 2 aliphatic heterocycles.